The number of hydrogen-bond acceptors (Lipinski definition) is 5. The van der Waals surface area contributed by atoms with Gasteiger partial charge in [0.05, 0.1) is 18.1 Å². The molecule has 0 fully saturated rings. The highest BCUT2D eigenvalue weighted by Gasteiger charge is 2.21. The molecule has 1 N–H and O–H groups in total. The van der Waals surface area contributed by atoms with Crippen LogP contribution in [0.25, 0.3) is 0 Å². The molecule has 0 aliphatic carbocycles. The molecule has 0 radical (unpaired) electrons. The molecule has 0 spiro atoms. The molecule has 7 heteroatoms. The van der Waals surface area contributed by atoms with Gasteiger partial charge in [0.2, 0.25) is 0 Å². The van der Waals surface area contributed by atoms with E-state index in [2.05, 4.69) is 4.74 Å². The van der Waals surface area contributed by atoms with Crippen LogP contribution < -0.4 is 9.46 Å². The Bertz CT molecular complexity index is 567. The van der Waals surface area contributed by atoms with Crippen LogP contribution in [-0.2, 0) is 21.2 Å². The highest BCUT2D eigenvalue weighted by Crippen LogP contribution is 2.27. The molecule has 1 amide bonds. The topological polar surface area (TPSA) is 81.7 Å². The van der Waals surface area contributed by atoms with E-state index >= 15 is 0 Å². The lowest BCUT2D eigenvalue weighted by Gasteiger charge is -2.07. The molecule has 0 bridgehead atoms. The summed E-state index contributed by atoms with van der Waals surface area (Å²) in [7, 11) is -3.88. The first-order valence-corrected chi connectivity index (χ1v) is 6.96. The average molecular weight is 271 g/mol. The Morgan fingerprint density at radius 3 is 3.00 bits per heavy atom. The van der Waals surface area contributed by atoms with Gasteiger partial charge in [-0.05, 0) is 30.7 Å². The van der Waals surface area contributed by atoms with E-state index in [-0.39, 0.29) is 11.5 Å². The van der Waals surface area contributed by atoms with Gasteiger partial charge in [-0.3, -0.25) is 0 Å². The molecule has 0 unspecified atom stereocenters. The number of rotatable bonds is 3. The van der Waals surface area contributed by atoms with Gasteiger partial charge >= 0.3 is 6.09 Å². The number of hydrogen-bond donors (Lipinski definition) is 1. The minimum Gasteiger partial charge on any atom is -0.493 e. The van der Waals surface area contributed by atoms with Crippen molar-refractivity contribution in [3.8, 4) is 5.75 Å². The van der Waals surface area contributed by atoms with Crippen molar-refractivity contribution in [3.05, 3.63) is 23.8 Å². The molecule has 18 heavy (non-hydrogen) atoms. The van der Waals surface area contributed by atoms with Crippen LogP contribution in [0, 0.1) is 0 Å². The number of sulfonamides is 1. The molecule has 1 aliphatic rings. The zero-order valence-electron chi connectivity index (χ0n) is 9.80. The van der Waals surface area contributed by atoms with Crippen molar-refractivity contribution in [2.24, 2.45) is 0 Å². The second-order valence-electron chi connectivity index (χ2n) is 3.69. The Hall–Kier alpha value is -1.76. The minimum atomic E-state index is -3.88. The highest BCUT2D eigenvalue weighted by molar-refractivity contribution is 7.90. The van der Waals surface area contributed by atoms with E-state index in [1.807, 2.05) is 4.72 Å². The molecule has 0 aromatic heterocycles. The van der Waals surface area contributed by atoms with Gasteiger partial charge < -0.3 is 9.47 Å². The maximum Gasteiger partial charge on any atom is 0.421 e. The van der Waals surface area contributed by atoms with Crippen LogP contribution in [-0.4, -0.2) is 27.7 Å². The maximum atomic E-state index is 11.9. The van der Waals surface area contributed by atoms with Crippen LogP contribution in [0.3, 0.4) is 0 Å². The third-order valence-corrected chi connectivity index (χ3v) is 3.77. The Labute approximate surface area is 105 Å². The lowest BCUT2D eigenvalue weighted by atomic mass is 10.2. The Morgan fingerprint density at radius 2 is 2.28 bits per heavy atom. The molecule has 6 nitrogen and oxygen atoms in total. The highest BCUT2D eigenvalue weighted by atomic mass is 32.2. The van der Waals surface area contributed by atoms with E-state index in [9.17, 15) is 13.2 Å². The van der Waals surface area contributed by atoms with Crippen molar-refractivity contribution in [3.63, 3.8) is 0 Å². The number of nitrogens with one attached hydrogen (secondary N) is 1. The Morgan fingerprint density at radius 1 is 1.50 bits per heavy atom. The largest absolute Gasteiger partial charge is 0.493 e. The average Bonchev–Trinajstić information content (AvgIpc) is 2.75. The van der Waals surface area contributed by atoms with Crippen molar-refractivity contribution >= 4 is 16.1 Å². The van der Waals surface area contributed by atoms with E-state index < -0.39 is 16.1 Å². The quantitative estimate of drug-likeness (QED) is 0.888. The van der Waals surface area contributed by atoms with Gasteiger partial charge in [0, 0.05) is 6.42 Å². The molecule has 1 aliphatic heterocycles. The molecule has 98 valence electrons. The first kappa shape index (κ1) is 12.7. The smallest absolute Gasteiger partial charge is 0.421 e. The summed E-state index contributed by atoms with van der Waals surface area (Å²) >= 11 is 0. The van der Waals surface area contributed by atoms with Crippen LogP contribution in [0.15, 0.2) is 23.1 Å². The zero-order chi connectivity index (χ0) is 13.2. The van der Waals surface area contributed by atoms with E-state index in [4.69, 9.17) is 4.74 Å². The third kappa shape index (κ3) is 2.56. The number of ether oxygens (including phenoxy) is 2. The predicted molar refractivity (Wildman–Crippen MR) is 63.0 cm³/mol. The van der Waals surface area contributed by atoms with Crippen LogP contribution in [0.5, 0.6) is 5.75 Å². The summed E-state index contributed by atoms with van der Waals surface area (Å²) in [6.45, 7) is 2.25. The van der Waals surface area contributed by atoms with Gasteiger partial charge in [-0.1, -0.05) is 0 Å². The first-order chi connectivity index (χ1) is 8.53. The second-order valence-corrected chi connectivity index (χ2v) is 5.38. The van der Waals surface area contributed by atoms with Gasteiger partial charge in [-0.15, -0.1) is 0 Å². The second kappa shape index (κ2) is 4.85. The van der Waals surface area contributed by atoms with Crippen molar-refractivity contribution in [2.45, 2.75) is 18.2 Å². The molecule has 0 saturated heterocycles. The number of benzene rings is 1. The molecule has 1 heterocycles. The fourth-order valence-corrected chi connectivity index (χ4v) is 2.60. The van der Waals surface area contributed by atoms with Crippen LogP contribution in [0.1, 0.15) is 12.5 Å². The molecular formula is C11H13NO5S. The van der Waals surface area contributed by atoms with Crippen LogP contribution in [0.2, 0.25) is 0 Å². The zero-order valence-corrected chi connectivity index (χ0v) is 10.6. The van der Waals surface area contributed by atoms with Crippen molar-refractivity contribution in [1.82, 2.24) is 4.72 Å². The lowest BCUT2D eigenvalue weighted by molar-refractivity contribution is 0.158. The van der Waals surface area contributed by atoms with Gasteiger partial charge in [-0.25, -0.2) is 17.9 Å². The van der Waals surface area contributed by atoms with E-state index in [0.29, 0.717) is 18.8 Å². The van der Waals surface area contributed by atoms with E-state index in [1.165, 1.54) is 12.1 Å². The molecule has 2 rings (SSSR count). The standard InChI is InChI=1S/C11H13NO5S/c1-2-16-11(13)12-18(14,15)9-3-4-10-8(7-9)5-6-17-10/h3-4,7H,2,5-6H2,1H3,(H,12,13). The fraction of sp³-hybridized carbons (Fsp3) is 0.364. The summed E-state index contributed by atoms with van der Waals surface area (Å²) in [5.41, 5.74) is 0.821. The number of amides is 1. The van der Waals surface area contributed by atoms with Gasteiger partial charge in [0.25, 0.3) is 10.0 Å². The molecule has 1 aromatic carbocycles. The first-order valence-electron chi connectivity index (χ1n) is 5.48. The summed E-state index contributed by atoms with van der Waals surface area (Å²) in [6, 6.07) is 4.48. The summed E-state index contributed by atoms with van der Waals surface area (Å²) in [5.74, 6) is 0.685. The summed E-state index contributed by atoms with van der Waals surface area (Å²) < 4.78 is 35.4. The predicted octanol–water partition coefficient (Wildman–Crippen LogP) is 1.06. The van der Waals surface area contributed by atoms with Crippen LogP contribution >= 0.6 is 0 Å². The van der Waals surface area contributed by atoms with Crippen molar-refractivity contribution in [2.75, 3.05) is 13.2 Å². The number of carbonyl (C=O) groups excluding carboxylic acids is 1. The number of fused-ring (bicyclic) bond motifs is 1. The molecule has 0 atom stereocenters. The summed E-state index contributed by atoms with van der Waals surface area (Å²) in [6.07, 6.45) is -0.313. The maximum absolute atomic E-state index is 11.9. The monoisotopic (exact) mass is 271 g/mol. The summed E-state index contributed by atoms with van der Waals surface area (Å²) in [4.78, 5) is 11.2. The molecule has 0 saturated carbocycles. The SMILES string of the molecule is CCOC(=O)NS(=O)(=O)c1ccc2c(c1)CCO2. The minimum absolute atomic E-state index is 0.0276. The van der Waals surface area contributed by atoms with E-state index in [0.717, 1.165) is 5.56 Å². The van der Waals surface area contributed by atoms with Crippen molar-refractivity contribution < 1.29 is 22.7 Å². The Balaban J connectivity index is 2.22. The van der Waals surface area contributed by atoms with E-state index in [1.54, 1.807) is 13.0 Å². The van der Waals surface area contributed by atoms with Gasteiger partial charge in [-0.2, -0.15) is 0 Å². The lowest BCUT2D eigenvalue weighted by Crippen LogP contribution is -2.31. The van der Waals surface area contributed by atoms with Crippen molar-refractivity contribution in [1.29, 1.82) is 0 Å². The third-order valence-electron chi connectivity index (χ3n) is 2.46. The summed E-state index contributed by atoms with van der Waals surface area (Å²) in [5, 5.41) is 0. The molecule has 1 aromatic rings. The van der Waals surface area contributed by atoms with Crippen LogP contribution in [0.4, 0.5) is 4.79 Å². The normalized spacial score (nSPS) is 13.6. The molecular weight excluding hydrogens is 258 g/mol. The fourth-order valence-electron chi connectivity index (χ4n) is 1.66. The van der Waals surface area contributed by atoms with Gasteiger partial charge in [0.15, 0.2) is 0 Å². The van der Waals surface area contributed by atoms with Gasteiger partial charge in [0.1, 0.15) is 5.75 Å². The Kier molecular flexibility index (Phi) is 3.42. The number of carbonyl (C=O) groups is 1.